The van der Waals surface area contributed by atoms with E-state index in [0.717, 1.165) is 121 Å². The van der Waals surface area contributed by atoms with Gasteiger partial charge in [0.2, 0.25) is 0 Å². The Morgan fingerprint density at radius 2 is 0.686 bits per heavy atom. The van der Waals surface area contributed by atoms with Crippen molar-refractivity contribution in [2.45, 2.75) is 6.92 Å². The first-order chi connectivity index (χ1) is 34.6. The van der Waals surface area contributed by atoms with Gasteiger partial charge in [0.1, 0.15) is 17.7 Å². The number of nitriles is 2. The minimum absolute atomic E-state index is 0.244. The standard InChI is InChI=1S/C63H36N6O/c1-37-30-33-56-47(34-37)45-31-32-46-44-22-8-15-29-57(44)70-63(46)60(45)69(56)59-49(36-65)48(35-64)58(66-50-23-9-2-16-38(50)39-17-3-10-24-51(39)66)61(67-52-25-11-4-18-40(52)41-19-5-12-26-53(41)67)62(59)68-54-27-13-6-20-42(54)43-21-7-14-28-55(43)68/h2-34H,1H3. The van der Waals surface area contributed by atoms with E-state index in [9.17, 15) is 10.5 Å². The fourth-order valence-electron chi connectivity index (χ4n) is 11.9. The summed E-state index contributed by atoms with van der Waals surface area (Å²) in [7, 11) is 0. The van der Waals surface area contributed by atoms with E-state index in [1.165, 1.54) is 0 Å². The van der Waals surface area contributed by atoms with E-state index in [2.05, 4.69) is 219 Å². The molecule has 15 aromatic rings. The SMILES string of the molecule is Cc1ccc2c(c1)c1ccc3c4ccccc4oc3c1n2-c1c(C#N)c(C#N)c(-n2c3ccccc3c3ccccc32)c(-n2c3ccccc3c3ccccc32)c1-n1c2ccccc2c2ccccc21. The van der Waals surface area contributed by atoms with Crippen molar-refractivity contribution in [1.29, 1.82) is 10.5 Å². The molecule has 0 atom stereocenters. The van der Waals surface area contributed by atoms with E-state index in [1.807, 2.05) is 18.2 Å². The lowest BCUT2D eigenvalue weighted by molar-refractivity contribution is 0.671. The molecule has 5 heterocycles. The highest BCUT2D eigenvalue weighted by atomic mass is 16.3. The highest BCUT2D eigenvalue weighted by molar-refractivity contribution is 6.23. The van der Waals surface area contributed by atoms with Crippen LogP contribution in [0, 0.1) is 29.6 Å². The molecule has 70 heavy (non-hydrogen) atoms. The van der Waals surface area contributed by atoms with Crippen LogP contribution in [0.4, 0.5) is 0 Å². The average molecular weight is 893 g/mol. The van der Waals surface area contributed by atoms with Gasteiger partial charge in [-0.1, -0.05) is 145 Å². The second kappa shape index (κ2) is 14.1. The van der Waals surface area contributed by atoms with Crippen molar-refractivity contribution in [3.05, 3.63) is 217 Å². The monoisotopic (exact) mass is 892 g/mol. The summed E-state index contributed by atoms with van der Waals surface area (Å²) in [6.45, 7) is 2.11. The molecule has 5 aromatic heterocycles. The number of aromatic nitrogens is 4. The normalized spacial score (nSPS) is 12.0. The van der Waals surface area contributed by atoms with Gasteiger partial charge in [0.05, 0.1) is 78.0 Å². The van der Waals surface area contributed by atoms with Crippen LogP contribution in [0.25, 0.3) is 132 Å². The highest BCUT2D eigenvalue weighted by Gasteiger charge is 2.35. The predicted molar refractivity (Wildman–Crippen MR) is 285 cm³/mol. The number of aryl methyl sites for hydroxylation is 1. The van der Waals surface area contributed by atoms with Crippen LogP contribution >= 0.6 is 0 Å². The Bertz CT molecular complexity index is 4720. The molecule has 0 aliphatic heterocycles. The summed E-state index contributed by atoms with van der Waals surface area (Å²) >= 11 is 0. The molecule has 0 fully saturated rings. The van der Waals surface area contributed by atoms with Gasteiger partial charge in [-0.25, -0.2) is 0 Å². The molecule has 324 valence electrons. The molecule has 0 unspecified atom stereocenters. The Morgan fingerprint density at radius 1 is 0.329 bits per heavy atom. The predicted octanol–water partition coefficient (Wildman–Crippen LogP) is 16.0. The van der Waals surface area contributed by atoms with Gasteiger partial charge in [-0.3, -0.25) is 0 Å². The smallest absolute Gasteiger partial charge is 0.160 e. The molecule has 7 heteroatoms. The van der Waals surface area contributed by atoms with Crippen molar-refractivity contribution in [2.75, 3.05) is 0 Å². The summed E-state index contributed by atoms with van der Waals surface area (Å²) in [4.78, 5) is 0. The van der Waals surface area contributed by atoms with E-state index in [4.69, 9.17) is 4.42 Å². The van der Waals surface area contributed by atoms with Crippen LogP contribution in [0.5, 0.6) is 0 Å². The van der Waals surface area contributed by atoms with Gasteiger partial charge in [0, 0.05) is 53.9 Å². The van der Waals surface area contributed by atoms with Gasteiger partial charge in [0.25, 0.3) is 0 Å². The lowest BCUT2D eigenvalue weighted by atomic mass is 9.98. The van der Waals surface area contributed by atoms with Crippen molar-refractivity contribution in [1.82, 2.24) is 18.3 Å². The van der Waals surface area contributed by atoms with Gasteiger partial charge in [0.15, 0.2) is 5.58 Å². The number of hydrogen-bond donors (Lipinski definition) is 0. The molecular formula is C63H36N6O. The third-order valence-corrected chi connectivity index (χ3v) is 14.7. The molecule has 7 nitrogen and oxygen atoms in total. The van der Waals surface area contributed by atoms with Crippen LogP contribution in [-0.4, -0.2) is 18.3 Å². The topological polar surface area (TPSA) is 80.4 Å². The van der Waals surface area contributed by atoms with Gasteiger partial charge < -0.3 is 22.7 Å². The molecule has 0 saturated carbocycles. The average Bonchev–Trinajstić information content (AvgIpc) is 4.21. The largest absolute Gasteiger partial charge is 0.454 e. The third kappa shape index (κ3) is 4.89. The summed E-state index contributed by atoms with van der Waals surface area (Å²) in [5.74, 6) is 0. The van der Waals surface area contributed by atoms with Gasteiger partial charge in [-0.05, 0) is 67.6 Å². The van der Waals surface area contributed by atoms with E-state index >= 15 is 0 Å². The van der Waals surface area contributed by atoms with Crippen molar-refractivity contribution >= 4 is 109 Å². The molecule has 0 spiro atoms. The van der Waals surface area contributed by atoms with Crippen molar-refractivity contribution < 1.29 is 4.42 Å². The first-order valence-electron chi connectivity index (χ1n) is 23.5. The zero-order chi connectivity index (χ0) is 46.4. The number of hydrogen-bond acceptors (Lipinski definition) is 3. The first-order valence-corrected chi connectivity index (χ1v) is 23.5. The van der Waals surface area contributed by atoms with E-state index < -0.39 is 0 Å². The molecule has 0 aliphatic carbocycles. The fourth-order valence-corrected chi connectivity index (χ4v) is 11.9. The van der Waals surface area contributed by atoms with Crippen LogP contribution in [0.1, 0.15) is 16.7 Å². The molecule has 15 rings (SSSR count). The molecule has 0 radical (unpaired) electrons. The highest BCUT2D eigenvalue weighted by Crippen LogP contribution is 2.50. The van der Waals surface area contributed by atoms with Gasteiger partial charge in [-0.2, -0.15) is 10.5 Å². The fraction of sp³-hybridized carbons (Fsp3) is 0.0159. The Labute approximate surface area is 399 Å². The summed E-state index contributed by atoms with van der Waals surface area (Å²) in [6, 6.07) is 75.4. The summed E-state index contributed by atoms with van der Waals surface area (Å²) in [5, 5.41) is 34.7. The quantitative estimate of drug-likeness (QED) is 0.176. The lowest BCUT2D eigenvalue weighted by Crippen LogP contribution is -2.17. The van der Waals surface area contributed by atoms with Crippen LogP contribution in [0.15, 0.2) is 205 Å². The van der Waals surface area contributed by atoms with Crippen LogP contribution in [-0.2, 0) is 0 Å². The molecule has 0 amide bonds. The van der Waals surface area contributed by atoms with Crippen molar-refractivity contribution in [3.63, 3.8) is 0 Å². The zero-order valence-electron chi connectivity index (χ0n) is 37.6. The number of rotatable bonds is 4. The van der Waals surface area contributed by atoms with Crippen LogP contribution in [0.2, 0.25) is 0 Å². The maximum Gasteiger partial charge on any atom is 0.160 e. The van der Waals surface area contributed by atoms with Crippen molar-refractivity contribution in [2.24, 2.45) is 0 Å². The number of fused-ring (bicyclic) bond motifs is 16. The van der Waals surface area contributed by atoms with E-state index in [1.54, 1.807) is 0 Å². The maximum absolute atomic E-state index is 12.2. The minimum Gasteiger partial charge on any atom is -0.454 e. The Kier molecular flexibility index (Phi) is 7.72. The summed E-state index contributed by atoms with van der Waals surface area (Å²) in [6.07, 6.45) is 0. The molecule has 0 saturated heterocycles. The van der Waals surface area contributed by atoms with Crippen molar-refractivity contribution in [3.8, 4) is 34.9 Å². The van der Waals surface area contributed by atoms with E-state index in [-0.39, 0.29) is 11.1 Å². The van der Waals surface area contributed by atoms with Crippen LogP contribution in [0.3, 0.4) is 0 Å². The second-order valence-corrected chi connectivity index (χ2v) is 18.3. The third-order valence-electron chi connectivity index (χ3n) is 14.7. The molecule has 0 bridgehead atoms. The van der Waals surface area contributed by atoms with Gasteiger partial charge >= 0.3 is 0 Å². The Balaban J connectivity index is 1.31. The zero-order valence-corrected chi connectivity index (χ0v) is 37.6. The Hall–Kier alpha value is -9.82. The first kappa shape index (κ1) is 38.3. The molecular weight excluding hydrogens is 857 g/mol. The second-order valence-electron chi connectivity index (χ2n) is 18.3. The maximum atomic E-state index is 12.2. The molecule has 0 N–H and O–H groups in total. The van der Waals surface area contributed by atoms with Crippen LogP contribution < -0.4 is 0 Å². The summed E-state index contributed by atoms with van der Waals surface area (Å²) in [5.41, 5.74) is 13.1. The Morgan fingerprint density at radius 3 is 1.13 bits per heavy atom. The lowest BCUT2D eigenvalue weighted by Gasteiger charge is -2.27. The number of nitrogens with zero attached hydrogens (tertiary/aromatic N) is 6. The number of benzene rings is 10. The molecule has 0 aliphatic rings. The minimum atomic E-state index is 0.244. The summed E-state index contributed by atoms with van der Waals surface area (Å²) < 4.78 is 16.2. The number of furan rings is 1. The van der Waals surface area contributed by atoms with E-state index in [0.29, 0.717) is 17.0 Å². The molecule has 10 aromatic carbocycles. The van der Waals surface area contributed by atoms with Gasteiger partial charge in [-0.15, -0.1) is 0 Å². The number of para-hydroxylation sites is 7.